The number of ether oxygens (including phenoxy) is 1. The molecule has 0 radical (unpaired) electrons. The minimum atomic E-state index is -0.833. The summed E-state index contributed by atoms with van der Waals surface area (Å²) in [5.74, 6) is -0.580. The molecule has 1 atom stereocenters. The van der Waals surface area contributed by atoms with Crippen LogP contribution in [-0.4, -0.2) is 23.7 Å². The molecule has 0 aliphatic rings. The number of aryl methyl sites for hydroxylation is 1. The zero-order valence-electron chi connectivity index (χ0n) is 13.1. The molecule has 0 aliphatic heterocycles. The van der Waals surface area contributed by atoms with E-state index in [0.29, 0.717) is 5.69 Å². The van der Waals surface area contributed by atoms with E-state index >= 15 is 0 Å². The SMILES string of the molecule is Cc1ccc(NC(=O)[C@@H](C)OC(=O)CSc2ccccc2)cc1. The lowest BCUT2D eigenvalue weighted by Gasteiger charge is -2.13. The van der Waals surface area contributed by atoms with Gasteiger partial charge in [0.1, 0.15) is 0 Å². The lowest BCUT2D eigenvalue weighted by Crippen LogP contribution is -2.30. The first-order valence-electron chi connectivity index (χ1n) is 7.29. The zero-order chi connectivity index (χ0) is 16.7. The average Bonchev–Trinajstić information content (AvgIpc) is 2.56. The van der Waals surface area contributed by atoms with Crippen molar-refractivity contribution < 1.29 is 14.3 Å². The lowest BCUT2D eigenvalue weighted by molar-refractivity contribution is -0.150. The summed E-state index contributed by atoms with van der Waals surface area (Å²) in [4.78, 5) is 24.8. The van der Waals surface area contributed by atoms with Gasteiger partial charge in [-0.2, -0.15) is 0 Å². The number of amides is 1. The standard InChI is InChI=1S/C18H19NO3S/c1-13-8-10-15(11-9-13)19-18(21)14(2)22-17(20)12-23-16-6-4-3-5-7-16/h3-11,14H,12H2,1-2H3,(H,19,21)/t14-/m1/s1. The first-order chi connectivity index (χ1) is 11.0. The monoisotopic (exact) mass is 329 g/mol. The van der Waals surface area contributed by atoms with Crippen molar-refractivity contribution in [2.24, 2.45) is 0 Å². The highest BCUT2D eigenvalue weighted by molar-refractivity contribution is 8.00. The van der Waals surface area contributed by atoms with Crippen molar-refractivity contribution in [1.82, 2.24) is 0 Å². The maximum absolute atomic E-state index is 12.0. The summed E-state index contributed by atoms with van der Waals surface area (Å²) in [7, 11) is 0. The molecular formula is C18H19NO3S. The molecule has 0 aliphatic carbocycles. The number of rotatable bonds is 6. The van der Waals surface area contributed by atoms with Crippen LogP contribution in [0.2, 0.25) is 0 Å². The highest BCUT2D eigenvalue weighted by atomic mass is 32.2. The molecule has 0 fully saturated rings. The third kappa shape index (κ3) is 5.79. The second kappa shape index (κ2) is 8.39. The Kier molecular flexibility index (Phi) is 6.23. The molecule has 1 amide bonds. The summed E-state index contributed by atoms with van der Waals surface area (Å²) >= 11 is 1.38. The first-order valence-corrected chi connectivity index (χ1v) is 8.28. The van der Waals surface area contributed by atoms with Crippen molar-refractivity contribution in [3.63, 3.8) is 0 Å². The fraction of sp³-hybridized carbons (Fsp3) is 0.222. The Bertz CT molecular complexity index is 656. The molecule has 0 bridgehead atoms. The maximum atomic E-state index is 12.0. The van der Waals surface area contributed by atoms with E-state index in [1.54, 1.807) is 6.92 Å². The van der Waals surface area contributed by atoms with Crippen molar-refractivity contribution in [2.75, 3.05) is 11.1 Å². The Morgan fingerprint density at radius 3 is 2.39 bits per heavy atom. The number of esters is 1. The van der Waals surface area contributed by atoms with Crippen LogP contribution in [0.3, 0.4) is 0 Å². The fourth-order valence-electron chi connectivity index (χ4n) is 1.82. The molecule has 4 nitrogen and oxygen atoms in total. The molecule has 0 saturated heterocycles. The molecule has 5 heteroatoms. The van der Waals surface area contributed by atoms with Gasteiger partial charge in [-0.3, -0.25) is 9.59 Å². The van der Waals surface area contributed by atoms with Gasteiger partial charge in [0.2, 0.25) is 0 Å². The molecule has 0 unspecified atom stereocenters. The molecule has 120 valence electrons. The third-order valence-corrected chi connectivity index (χ3v) is 4.08. The Morgan fingerprint density at radius 1 is 1.09 bits per heavy atom. The van der Waals surface area contributed by atoms with E-state index in [0.717, 1.165) is 10.5 Å². The normalized spacial score (nSPS) is 11.6. The summed E-state index contributed by atoms with van der Waals surface area (Å²) in [6.45, 7) is 3.54. The molecule has 0 saturated carbocycles. The van der Waals surface area contributed by atoms with Gasteiger partial charge in [-0.15, -0.1) is 11.8 Å². The highest BCUT2D eigenvalue weighted by Crippen LogP contribution is 2.17. The number of carbonyl (C=O) groups excluding carboxylic acids is 2. The first kappa shape index (κ1) is 17.1. The molecule has 2 aromatic rings. The van der Waals surface area contributed by atoms with E-state index in [9.17, 15) is 9.59 Å². The molecular weight excluding hydrogens is 310 g/mol. The van der Waals surface area contributed by atoms with Gasteiger partial charge in [0, 0.05) is 10.6 Å². The smallest absolute Gasteiger partial charge is 0.317 e. The second-order valence-electron chi connectivity index (χ2n) is 5.09. The van der Waals surface area contributed by atoms with Crippen molar-refractivity contribution in [3.8, 4) is 0 Å². The quantitative estimate of drug-likeness (QED) is 0.649. The predicted octanol–water partition coefficient (Wildman–Crippen LogP) is 3.66. The molecule has 23 heavy (non-hydrogen) atoms. The minimum absolute atomic E-state index is 0.173. The largest absolute Gasteiger partial charge is 0.452 e. The number of anilines is 1. The average molecular weight is 329 g/mol. The van der Waals surface area contributed by atoms with Gasteiger partial charge in [-0.25, -0.2) is 0 Å². The second-order valence-corrected chi connectivity index (χ2v) is 6.14. The van der Waals surface area contributed by atoms with Crippen LogP contribution in [0.15, 0.2) is 59.5 Å². The topological polar surface area (TPSA) is 55.4 Å². The van der Waals surface area contributed by atoms with E-state index in [2.05, 4.69) is 5.32 Å². The number of benzene rings is 2. The van der Waals surface area contributed by atoms with Crippen LogP contribution < -0.4 is 5.32 Å². The zero-order valence-corrected chi connectivity index (χ0v) is 13.9. The third-order valence-electron chi connectivity index (χ3n) is 3.10. The van der Waals surface area contributed by atoms with Crippen LogP contribution in [0.4, 0.5) is 5.69 Å². The lowest BCUT2D eigenvalue weighted by atomic mass is 10.2. The number of hydrogen-bond acceptors (Lipinski definition) is 4. The van der Waals surface area contributed by atoms with Crippen LogP contribution in [0.1, 0.15) is 12.5 Å². The summed E-state index contributed by atoms with van der Waals surface area (Å²) in [5, 5.41) is 2.73. The molecule has 0 heterocycles. The van der Waals surface area contributed by atoms with E-state index in [1.807, 2.05) is 61.5 Å². The van der Waals surface area contributed by atoms with Crippen molar-refractivity contribution in [2.45, 2.75) is 24.8 Å². The van der Waals surface area contributed by atoms with E-state index in [4.69, 9.17) is 4.74 Å². The summed E-state index contributed by atoms with van der Waals surface area (Å²) in [5.41, 5.74) is 1.79. The summed E-state index contributed by atoms with van der Waals surface area (Å²) in [6, 6.07) is 17.0. The van der Waals surface area contributed by atoms with Gasteiger partial charge in [0.05, 0.1) is 5.75 Å². The molecule has 2 aromatic carbocycles. The molecule has 0 spiro atoms. The van der Waals surface area contributed by atoms with Crippen LogP contribution in [-0.2, 0) is 14.3 Å². The number of thioether (sulfide) groups is 1. The van der Waals surface area contributed by atoms with Crippen LogP contribution >= 0.6 is 11.8 Å². The Labute approximate surface area is 140 Å². The van der Waals surface area contributed by atoms with Crippen LogP contribution in [0.5, 0.6) is 0 Å². The van der Waals surface area contributed by atoms with Gasteiger partial charge in [0.25, 0.3) is 5.91 Å². The highest BCUT2D eigenvalue weighted by Gasteiger charge is 2.18. The predicted molar refractivity (Wildman–Crippen MR) is 92.5 cm³/mol. The van der Waals surface area contributed by atoms with Crippen molar-refractivity contribution in [1.29, 1.82) is 0 Å². The van der Waals surface area contributed by atoms with Gasteiger partial charge >= 0.3 is 5.97 Å². The minimum Gasteiger partial charge on any atom is -0.452 e. The van der Waals surface area contributed by atoms with E-state index in [1.165, 1.54) is 11.8 Å². The molecule has 2 rings (SSSR count). The van der Waals surface area contributed by atoms with E-state index in [-0.39, 0.29) is 11.7 Å². The molecule has 0 aromatic heterocycles. The molecule has 1 N–H and O–H groups in total. The van der Waals surface area contributed by atoms with Gasteiger partial charge in [-0.1, -0.05) is 35.9 Å². The fourth-order valence-corrected chi connectivity index (χ4v) is 2.53. The van der Waals surface area contributed by atoms with Crippen molar-refractivity contribution in [3.05, 3.63) is 60.2 Å². The van der Waals surface area contributed by atoms with Gasteiger partial charge < -0.3 is 10.1 Å². The van der Waals surface area contributed by atoms with Crippen molar-refractivity contribution >= 4 is 29.3 Å². The number of carbonyl (C=O) groups is 2. The maximum Gasteiger partial charge on any atom is 0.317 e. The number of nitrogens with one attached hydrogen (secondary N) is 1. The summed E-state index contributed by atoms with van der Waals surface area (Å²) < 4.78 is 5.16. The summed E-state index contributed by atoms with van der Waals surface area (Å²) in [6.07, 6.45) is -0.833. The van der Waals surface area contributed by atoms with E-state index < -0.39 is 12.1 Å². The Morgan fingerprint density at radius 2 is 1.74 bits per heavy atom. The van der Waals surface area contributed by atoms with Gasteiger partial charge in [-0.05, 0) is 38.1 Å². The Balaban J connectivity index is 1.78. The van der Waals surface area contributed by atoms with Gasteiger partial charge in [0.15, 0.2) is 6.10 Å². The Hall–Kier alpha value is -2.27. The number of hydrogen-bond donors (Lipinski definition) is 1. The van der Waals surface area contributed by atoms with Crippen LogP contribution in [0.25, 0.3) is 0 Å². The van der Waals surface area contributed by atoms with Crippen LogP contribution in [0, 0.1) is 6.92 Å².